The zero-order valence-corrected chi connectivity index (χ0v) is 15.1. The van der Waals surface area contributed by atoms with E-state index in [1.54, 1.807) is 13.2 Å². The second-order valence-electron chi connectivity index (χ2n) is 6.03. The van der Waals surface area contributed by atoms with Crippen LogP contribution in [0.25, 0.3) is 11.1 Å². The minimum atomic E-state index is -0.365. The van der Waals surface area contributed by atoms with Crippen molar-refractivity contribution < 1.29 is 14.3 Å². The molecule has 3 nitrogen and oxygen atoms in total. The molecule has 3 rings (SSSR count). The van der Waals surface area contributed by atoms with Crippen LogP contribution in [0.5, 0.6) is 11.5 Å². The van der Waals surface area contributed by atoms with E-state index in [-0.39, 0.29) is 5.97 Å². The summed E-state index contributed by atoms with van der Waals surface area (Å²) in [6, 6.07) is 22.8. The Kier molecular flexibility index (Phi) is 5.69. The lowest BCUT2D eigenvalue weighted by atomic mass is 10.0. The predicted octanol–water partition coefficient (Wildman–Crippen LogP) is 5.53. The van der Waals surface area contributed by atoms with Crippen molar-refractivity contribution in [1.82, 2.24) is 0 Å². The average molecular weight is 346 g/mol. The summed E-state index contributed by atoms with van der Waals surface area (Å²) < 4.78 is 11.1. The molecular weight excluding hydrogens is 324 g/mol. The molecule has 0 aliphatic rings. The molecule has 0 amide bonds. The van der Waals surface area contributed by atoms with Crippen LogP contribution in [0.2, 0.25) is 0 Å². The van der Waals surface area contributed by atoms with E-state index in [9.17, 15) is 4.79 Å². The molecular formula is C23H22O3. The van der Waals surface area contributed by atoms with Gasteiger partial charge in [0.1, 0.15) is 11.5 Å². The van der Waals surface area contributed by atoms with Gasteiger partial charge in [-0.1, -0.05) is 61.9 Å². The van der Waals surface area contributed by atoms with E-state index in [1.807, 2.05) is 66.7 Å². The summed E-state index contributed by atoms with van der Waals surface area (Å²) in [5, 5.41) is 0. The van der Waals surface area contributed by atoms with E-state index in [1.165, 1.54) is 5.56 Å². The van der Waals surface area contributed by atoms with Crippen LogP contribution >= 0.6 is 0 Å². The van der Waals surface area contributed by atoms with Crippen molar-refractivity contribution in [3.05, 3.63) is 83.9 Å². The van der Waals surface area contributed by atoms with Gasteiger partial charge in [0.2, 0.25) is 0 Å². The van der Waals surface area contributed by atoms with Crippen LogP contribution in [-0.4, -0.2) is 13.1 Å². The molecule has 0 aliphatic heterocycles. The van der Waals surface area contributed by atoms with Gasteiger partial charge in [0, 0.05) is 11.1 Å². The van der Waals surface area contributed by atoms with Crippen molar-refractivity contribution in [2.24, 2.45) is 0 Å². The molecule has 0 radical (unpaired) electrons. The number of methoxy groups -OCH3 is 1. The first-order chi connectivity index (χ1) is 12.7. The third-order valence-electron chi connectivity index (χ3n) is 4.22. The highest BCUT2D eigenvalue weighted by Crippen LogP contribution is 2.36. The summed E-state index contributed by atoms with van der Waals surface area (Å²) in [4.78, 5) is 12.6. The van der Waals surface area contributed by atoms with Gasteiger partial charge in [0.05, 0.1) is 12.7 Å². The molecule has 3 aromatic rings. The Labute approximate surface area is 154 Å². The van der Waals surface area contributed by atoms with Crippen LogP contribution in [0.15, 0.2) is 72.8 Å². The summed E-state index contributed by atoms with van der Waals surface area (Å²) >= 11 is 0. The van der Waals surface area contributed by atoms with Crippen LogP contribution in [0.1, 0.15) is 29.3 Å². The van der Waals surface area contributed by atoms with Crippen LogP contribution in [0.3, 0.4) is 0 Å². The number of rotatable bonds is 6. The molecule has 0 saturated carbocycles. The van der Waals surface area contributed by atoms with E-state index in [0.717, 1.165) is 29.7 Å². The van der Waals surface area contributed by atoms with Gasteiger partial charge < -0.3 is 9.47 Å². The third kappa shape index (κ3) is 3.94. The van der Waals surface area contributed by atoms with Crippen LogP contribution in [0.4, 0.5) is 0 Å². The Morgan fingerprint density at radius 2 is 1.38 bits per heavy atom. The number of hydrogen-bond acceptors (Lipinski definition) is 3. The van der Waals surface area contributed by atoms with Crippen molar-refractivity contribution in [3.63, 3.8) is 0 Å². The van der Waals surface area contributed by atoms with E-state index in [0.29, 0.717) is 11.3 Å². The second kappa shape index (κ2) is 8.34. The van der Waals surface area contributed by atoms with Gasteiger partial charge in [-0.3, -0.25) is 0 Å². The number of hydrogen-bond donors (Lipinski definition) is 0. The van der Waals surface area contributed by atoms with Gasteiger partial charge in [-0.2, -0.15) is 0 Å². The Morgan fingerprint density at radius 3 is 2.00 bits per heavy atom. The molecule has 3 aromatic carbocycles. The van der Waals surface area contributed by atoms with Crippen LogP contribution < -0.4 is 9.47 Å². The van der Waals surface area contributed by atoms with E-state index < -0.39 is 0 Å². The minimum absolute atomic E-state index is 0.365. The molecule has 0 N–H and O–H groups in total. The molecule has 0 fully saturated rings. The quantitative estimate of drug-likeness (QED) is 0.434. The molecule has 0 unspecified atom stereocenters. The molecule has 0 saturated heterocycles. The Hall–Kier alpha value is -3.07. The average Bonchev–Trinajstić information content (AvgIpc) is 2.69. The van der Waals surface area contributed by atoms with Gasteiger partial charge in [-0.25, -0.2) is 4.79 Å². The standard InChI is InChI=1S/C23H22O3/c1-3-8-17-13-15-18(16-14-17)23(24)26-22-12-7-5-10-20(22)19-9-4-6-11-21(19)25-2/h4-7,9-16H,3,8H2,1-2H3. The number of para-hydroxylation sites is 2. The Balaban J connectivity index is 1.87. The fraction of sp³-hybridized carbons (Fsp3) is 0.174. The summed E-state index contributed by atoms with van der Waals surface area (Å²) in [7, 11) is 1.63. The first-order valence-corrected chi connectivity index (χ1v) is 8.76. The topological polar surface area (TPSA) is 35.5 Å². The molecule has 0 bridgehead atoms. The first-order valence-electron chi connectivity index (χ1n) is 8.76. The van der Waals surface area contributed by atoms with Crippen molar-refractivity contribution in [3.8, 4) is 22.6 Å². The predicted molar refractivity (Wildman–Crippen MR) is 104 cm³/mol. The first kappa shape index (κ1) is 17.7. The van der Waals surface area contributed by atoms with E-state index in [2.05, 4.69) is 6.92 Å². The maximum absolute atomic E-state index is 12.6. The lowest BCUT2D eigenvalue weighted by molar-refractivity contribution is 0.0735. The summed E-state index contributed by atoms with van der Waals surface area (Å²) in [6.45, 7) is 2.14. The summed E-state index contributed by atoms with van der Waals surface area (Å²) in [6.07, 6.45) is 2.09. The fourth-order valence-corrected chi connectivity index (χ4v) is 2.90. The minimum Gasteiger partial charge on any atom is -0.496 e. The maximum atomic E-state index is 12.6. The Bertz CT molecular complexity index is 882. The summed E-state index contributed by atoms with van der Waals surface area (Å²) in [5.41, 5.74) is 3.47. The zero-order valence-electron chi connectivity index (χ0n) is 15.1. The maximum Gasteiger partial charge on any atom is 0.343 e. The molecule has 132 valence electrons. The summed E-state index contributed by atoms with van der Waals surface area (Å²) in [5.74, 6) is 0.884. The molecule has 0 heterocycles. The SMILES string of the molecule is CCCc1ccc(C(=O)Oc2ccccc2-c2ccccc2OC)cc1. The highest BCUT2D eigenvalue weighted by molar-refractivity contribution is 5.92. The number of ether oxygens (including phenoxy) is 2. The van der Waals surface area contributed by atoms with Crippen LogP contribution in [-0.2, 0) is 6.42 Å². The van der Waals surface area contributed by atoms with Gasteiger partial charge in [-0.05, 0) is 36.2 Å². The lowest BCUT2D eigenvalue weighted by Crippen LogP contribution is -2.09. The van der Waals surface area contributed by atoms with E-state index >= 15 is 0 Å². The van der Waals surface area contributed by atoms with Crippen molar-refractivity contribution in [2.45, 2.75) is 19.8 Å². The smallest absolute Gasteiger partial charge is 0.343 e. The molecule has 0 aliphatic carbocycles. The number of esters is 1. The highest BCUT2D eigenvalue weighted by atomic mass is 16.5. The van der Waals surface area contributed by atoms with Gasteiger partial charge in [-0.15, -0.1) is 0 Å². The lowest BCUT2D eigenvalue weighted by Gasteiger charge is -2.13. The number of aryl methyl sites for hydroxylation is 1. The number of carbonyl (C=O) groups excluding carboxylic acids is 1. The fourth-order valence-electron chi connectivity index (χ4n) is 2.90. The van der Waals surface area contributed by atoms with Gasteiger partial charge in [0.15, 0.2) is 0 Å². The largest absolute Gasteiger partial charge is 0.496 e. The third-order valence-corrected chi connectivity index (χ3v) is 4.22. The van der Waals surface area contributed by atoms with Crippen molar-refractivity contribution in [1.29, 1.82) is 0 Å². The van der Waals surface area contributed by atoms with Gasteiger partial charge in [0.25, 0.3) is 0 Å². The molecule has 0 atom stereocenters. The normalized spacial score (nSPS) is 10.4. The molecule has 26 heavy (non-hydrogen) atoms. The molecule has 0 spiro atoms. The second-order valence-corrected chi connectivity index (χ2v) is 6.03. The Morgan fingerprint density at radius 1 is 0.808 bits per heavy atom. The molecule has 0 aromatic heterocycles. The van der Waals surface area contributed by atoms with Gasteiger partial charge >= 0.3 is 5.97 Å². The monoisotopic (exact) mass is 346 g/mol. The number of benzene rings is 3. The van der Waals surface area contributed by atoms with Crippen molar-refractivity contribution in [2.75, 3.05) is 7.11 Å². The van der Waals surface area contributed by atoms with Crippen molar-refractivity contribution >= 4 is 5.97 Å². The van der Waals surface area contributed by atoms with E-state index in [4.69, 9.17) is 9.47 Å². The highest BCUT2D eigenvalue weighted by Gasteiger charge is 2.14. The number of carbonyl (C=O) groups is 1. The molecule has 3 heteroatoms. The van der Waals surface area contributed by atoms with Crippen LogP contribution in [0, 0.1) is 0 Å². The zero-order chi connectivity index (χ0) is 18.4.